The average molecular weight is 489 g/mol. The number of urea groups is 1. The number of halogens is 1. The lowest BCUT2D eigenvalue weighted by molar-refractivity contribution is -0.120. The number of nitrogens with zero attached hydrogens (tertiary/aromatic N) is 3. The van der Waals surface area contributed by atoms with Crippen molar-refractivity contribution in [1.82, 2.24) is 9.47 Å². The maximum atomic E-state index is 14.0. The first-order valence-corrected chi connectivity index (χ1v) is 11.8. The molecule has 2 aromatic carbocycles. The molecule has 1 unspecified atom stereocenters. The van der Waals surface area contributed by atoms with Crippen LogP contribution in [0.25, 0.3) is 5.69 Å². The van der Waals surface area contributed by atoms with Gasteiger partial charge in [0.25, 0.3) is 0 Å². The number of furan rings is 1. The summed E-state index contributed by atoms with van der Waals surface area (Å²) in [5.41, 5.74) is 3.16. The Morgan fingerprint density at radius 2 is 1.74 bits per heavy atom. The minimum absolute atomic E-state index is 0.108. The van der Waals surface area contributed by atoms with Gasteiger partial charge in [-0.15, -0.1) is 0 Å². The molecule has 0 saturated carbocycles. The first-order chi connectivity index (χ1) is 16.9. The second-order valence-corrected chi connectivity index (χ2v) is 9.07. The number of rotatable bonds is 5. The van der Waals surface area contributed by atoms with E-state index in [0.29, 0.717) is 16.5 Å². The van der Waals surface area contributed by atoms with E-state index >= 15 is 0 Å². The van der Waals surface area contributed by atoms with Crippen molar-refractivity contribution in [3.63, 3.8) is 0 Å². The Bertz CT molecular complexity index is 1350. The van der Waals surface area contributed by atoms with Gasteiger partial charge < -0.3 is 19.2 Å². The molecule has 0 aliphatic carbocycles. The Morgan fingerprint density at radius 1 is 1.00 bits per heavy atom. The highest BCUT2D eigenvalue weighted by atomic mass is 35.5. The van der Waals surface area contributed by atoms with Gasteiger partial charge in [0.2, 0.25) is 5.91 Å². The van der Waals surface area contributed by atoms with Gasteiger partial charge in [0, 0.05) is 22.9 Å². The smallest absolute Gasteiger partial charge is 0.322 e. The zero-order valence-corrected chi connectivity index (χ0v) is 20.1. The molecule has 0 radical (unpaired) electrons. The summed E-state index contributed by atoms with van der Waals surface area (Å²) in [7, 11) is 0. The first-order valence-electron chi connectivity index (χ1n) is 11.4. The molecule has 7 nitrogen and oxygen atoms in total. The molecule has 0 fully saturated rings. The summed E-state index contributed by atoms with van der Waals surface area (Å²) in [6.07, 6.45) is 3.58. The summed E-state index contributed by atoms with van der Waals surface area (Å²) < 4.78 is 7.84. The molecule has 2 aromatic heterocycles. The fourth-order valence-electron chi connectivity index (χ4n) is 4.42. The van der Waals surface area contributed by atoms with Gasteiger partial charge in [0.15, 0.2) is 0 Å². The van der Waals surface area contributed by atoms with E-state index in [-0.39, 0.29) is 24.5 Å². The number of nitrogens with one attached hydrogen (secondary N) is 1. The summed E-state index contributed by atoms with van der Waals surface area (Å²) >= 11 is 5.96. The van der Waals surface area contributed by atoms with E-state index < -0.39 is 6.04 Å². The van der Waals surface area contributed by atoms with Crippen molar-refractivity contribution in [3.8, 4) is 5.69 Å². The fourth-order valence-corrected chi connectivity index (χ4v) is 4.54. The van der Waals surface area contributed by atoms with Gasteiger partial charge in [-0.2, -0.15) is 0 Å². The summed E-state index contributed by atoms with van der Waals surface area (Å²) in [5, 5.41) is 3.44. The van der Waals surface area contributed by atoms with Crippen molar-refractivity contribution in [2.75, 3.05) is 16.8 Å². The van der Waals surface area contributed by atoms with Crippen LogP contribution in [-0.4, -0.2) is 34.0 Å². The number of para-hydroxylation sites is 2. The van der Waals surface area contributed by atoms with E-state index in [0.717, 1.165) is 17.1 Å². The van der Waals surface area contributed by atoms with Crippen molar-refractivity contribution in [2.45, 2.75) is 25.9 Å². The summed E-state index contributed by atoms with van der Waals surface area (Å²) in [6, 6.07) is 21.2. The van der Waals surface area contributed by atoms with Crippen LogP contribution in [0.4, 0.5) is 16.2 Å². The SMILES string of the molecule is CC(C)N(CC(=O)N1c2ccccc2-n2cccc2C1c1ccco1)C(=O)Nc1ccc(Cl)cc1. The van der Waals surface area contributed by atoms with E-state index in [1.807, 2.05) is 68.6 Å². The number of carbonyl (C=O) groups is 2. The van der Waals surface area contributed by atoms with Crippen LogP contribution in [0.15, 0.2) is 89.7 Å². The maximum Gasteiger partial charge on any atom is 0.322 e. The Morgan fingerprint density at radius 3 is 2.43 bits per heavy atom. The second kappa shape index (κ2) is 9.35. The van der Waals surface area contributed by atoms with Crippen LogP contribution >= 0.6 is 11.6 Å². The van der Waals surface area contributed by atoms with E-state index in [2.05, 4.69) is 9.88 Å². The molecule has 0 saturated heterocycles. The molecule has 3 heterocycles. The topological polar surface area (TPSA) is 70.7 Å². The largest absolute Gasteiger partial charge is 0.467 e. The van der Waals surface area contributed by atoms with Crippen LogP contribution in [0.5, 0.6) is 0 Å². The van der Waals surface area contributed by atoms with Gasteiger partial charge >= 0.3 is 6.03 Å². The Hall–Kier alpha value is -3.97. The quantitative estimate of drug-likeness (QED) is 0.369. The van der Waals surface area contributed by atoms with E-state index in [4.69, 9.17) is 16.0 Å². The predicted octanol–water partition coefficient (Wildman–Crippen LogP) is 6.10. The molecule has 35 heavy (non-hydrogen) atoms. The number of hydrogen-bond acceptors (Lipinski definition) is 3. The Kier molecular flexibility index (Phi) is 6.09. The monoisotopic (exact) mass is 488 g/mol. The molecule has 8 heteroatoms. The van der Waals surface area contributed by atoms with Crippen LogP contribution < -0.4 is 10.2 Å². The van der Waals surface area contributed by atoms with Crippen molar-refractivity contribution in [1.29, 1.82) is 0 Å². The number of aromatic nitrogens is 1. The predicted molar refractivity (Wildman–Crippen MR) is 136 cm³/mol. The van der Waals surface area contributed by atoms with Crippen LogP contribution in [0, 0.1) is 0 Å². The Balaban J connectivity index is 1.48. The lowest BCUT2D eigenvalue weighted by atomic mass is 10.0. The van der Waals surface area contributed by atoms with E-state index in [1.54, 1.807) is 35.4 Å². The molecule has 1 aliphatic heterocycles. The first kappa shape index (κ1) is 22.8. The molecule has 0 bridgehead atoms. The van der Waals surface area contributed by atoms with Gasteiger partial charge in [-0.25, -0.2) is 4.79 Å². The van der Waals surface area contributed by atoms with Crippen LogP contribution in [0.3, 0.4) is 0 Å². The zero-order chi connectivity index (χ0) is 24.5. The Labute approximate surface area is 208 Å². The van der Waals surface area contributed by atoms with Crippen LogP contribution in [-0.2, 0) is 4.79 Å². The molecular formula is C27H25ClN4O3. The number of amides is 3. The van der Waals surface area contributed by atoms with Crippen LogP contribution in [0.1, 0.15) is 31.3 Å². The number of benzene rings is 2. The summed E-state index contributed by atoms with van der Waals surface area (Å²) in [4.78, 5) is 30.4. The molecule has 1 atom stereocenters. The van der Waals surface area contributed by atoms with Crippen molar-refractivity contribution >= 4 is 34.9 Å². The van der Waals surface area contributed by atoms with E-state index in [1.165, 1.54) is 4.90 Å². The molecule has 5 rings (SSSR count). The number of carbonyl (C=O) groups excluding carboxylic acids is 2. The average Bonchev–Trinajstić information content (AvgIpc) is 3.55. The third kappa shape index (κ3) is 4.31. The molecule has 4 aromatic rings. The lowest BCUT2D eigenvalue weighted by Gasteiger charge is -2.38. The van der Waals surface area contributed by atoms with E-state index in [9.17, 15) is 9.59 Å². The van der Waals surface area contributed by atoms with Gasteiger partial charge in [-0.1, -0.05) is 23.7 Å². The molecule has 1 aliphatic rings. The van der Waals surface area contributed by atoms with Crippen molar-refractivity contribution in [3.05, 3.63) is 102 Å². The van der Waals surface area contributed by atoms with Gasteiger partial charge in [0.05, 0.1) is 23.3 Å². The highest BCUT2D eigenvalue weighted by molar-refractivity contribution is 6.30. The highest BCUT2D eigenvalue weighted by Crippen LogP contribution is 2.42. The normalized spacial score (nSPS) is 14.4. The molecule has 0 spiro atoms. The van der Waals surface area contributed by atoms with Crippen LogP contribution in [0.2, 0.25) is 5.02 Å². The third-order valence-electron chi connectivity index (χ3n) is 6.09. The second-order valence-electron chi connectivity index (χ2n) is 8.63. The molecule has 3 amide bonds. The molecule has 178 valence electrons. The third-order valence-corrected chi connectivity index (χ3v) is 6.34. The maximum absolute atomic E-state index is 14.0. The van der Waals surface area contributed by atoms with Gasteiger partial charge in [-0.05, 0) is 74.5 Å². The minimum atomic E-state index is -0.462. The highest BCUT2D eigenvalue weighted by Gasteiger charge is 2.38. The number of fused-ring (bicyclic) bond motifs is 3. The van der Waals surface area contributed by atoms with Crippen molar-refractivity contribution in [2.24, 2.45) is 0 Å². The minimum Gasteiger partial charge on any atom is -0.467 e. The lowest BCUT2D eigenvalue weighted by Crippen LogP contribution is -2.49. The summed E-state index contributed by atoms with van der Waals surface area (Å²) in [5.74, 6) is 0.431. The standard InChI is InChI=1S/C27H25ClN4O3/c1-18(2)31(27(34)29-20-13-11-19(28)12-14-20)17-25(33)32-22-8-4-3-7-21(22)30-15-5-9-23(30)26(32)24-10-6-16-35-24/h3-16,18,26H,17H2,1-2H3,(H,29,34). The fraction of sp³-hybridized carbons (Fsp3) is 0.185. The molecule has 1 N–H and O–H groups in total. The summed E-state index contributed by atoms with van der Waals surface area (Å²) in [6.45, 7) is 3.66. The van der Waals surface area contributed by atoms with Gasteiger partial charge in [0.1, 0.15) is 18.3 Å². The number of hydrogen-bond donors (Lipinski definition) is 1. The number of anilines is 2. The zero-order valence-electron chi connectivity index (χ0n) is 19.4. The molecular weight excluding hydrogens is 464 g/mol. The van der Waals surface area contributed by atoms with Crippen molar-refractivity contribution < 1.29 is 14.0 Å². The van der Waals surface area contributed by atoms with Gasteiger partial charge in [-0.3, -0.25) is 9.69 Å².